The van der Waals surface area contributed by atoms with Crippen molar-refractivity contribution in [3.63, 3.8) is 0 Å². The van der Waals surface area contributed by atoms with Crippen LogP contribution in [0.2, 0.25) is 5.02 Å². The van der Waals surface area contributed by atoms with Gasteiger partial charge in [-0.1, -0.05) is 28.9 Å². The van der Waals surface area contributed by atoms with Crippen LogP contribution in [0.4, 0.5) is 0 Å². The van der Waals surface area contributed by atoms with E-state index in [1.165, 1.54) is 0 Å². The molecule has 0 unspecified atom stereocenters. The highest BCUT2D eigenvalue weighted by molar-refractivity contribution is 6.30. The fraction of sp³-hybridized carbons (Fsp3) is 0.222. The zero-order valence-corrected chi connectivity index (χ0v) is 7.95. The Hall–Kier alpha value is -1.06. The van der Waals surface area contributed by atoms with E-state index in [4.69, 9.17) is 21.5 Å². The maximum Gasteiger partial charge on any atom is 0.112 e. The molecule has 0 atom stereocenters. The van der Waals surface area contributed by atoms with E-state index in [1.54, 1.807) is 31.4 Å². The Morgan fingerprint density at radius 3 is 2.54 bits per heavy atom. The highest BCUT2D eigenvalue weighted by atomic mass is 35.5. The lowest BCUT2D eigenvalue weighted by Gasteiger charge is -2.02. The molecule has 0 fully saturated rings. The van der Waals surface area contributed by atoms with Crippen LogP contribution in [-0.4, -0.2) is 24.6 Å². The molecule has 0 radical (unpaired) electrons. The first-order chi connectivity index (χ1) is 6.27. The van der Waals surface area contributed by atoms with Crippen molar-refractivity contribution >= 4 is 17.3 Å². The molecule has 0 bridgehead atoms. The van der Waals surface area contributed by atoms with Gasteiger partial charge in [-0.2, -0.15) is 0 Å². The van der Waals surface area contributed by atoms with E-state index < -0.39 is 0 Å². The molecule has 0 spiro atoms. The third kappa shape index (κ3) is 2.72. The van der Waals surface area contributed by atoms with Gasteiger partial charge in [-0.3, -0.25) is 0 Å². The van der Waals surface area contributed by atoms with Gasteiger partial charge in [-0.25, -0.2) is 0 Å². The van der Waals surface area contributed by atoms with Gasteiger partial charge >= 0.3 is 0 Å². The van der Waals surface area contributed by atoms with Gasteiger partial charge in [-0.15, -0.1) is 0 Å². The zero-order valence-electron chi connectivity index (χ0n) is 7.20. The molecular weight excluding hydrogens is 190 g/mol. The summed E-state index contributed by atoms with van der Waals surface area (Å²) in [5.74, 6) is 0. The molecular formula is C9H10ClNO2. The Morgan fingerprint density at radius 1 is 1.46 bits per heavy atom. The van der Waals surface area contributed by atoms with Crippen LogP contribution in [0.3, 0.4) is 0 Å². The molecule has 0 aromatic heterocycles. The van der Waals surface area contributed by atoms with Crippen molar-refractivity contribution in [2.75, 3.05) is 13.7 Å². The molecule has 0 aliphatic heterocycles. The fourth-order valence-electron chi connectivity index (χ4n) is 0.949. The van der Waals surface area contributed by atoms with Crippen molar-refractivity contribution in [2.45, 2.75) is 0 Å². The van der Waals surface area contributed by atoms with Crippen molar-refractivity contribution < 1.29 is 9.94 Å². The number of rotatable bonds is 3. The second-order valence-corrected chi connectivity index (χ2v) is 2.92. The van der Waals surface area contributed by atoms with Gasteiger partial charge in [0.25, 0.3) is 0 Å². The molecule has 70 valence electrons. The number of ether oxygens (including phenoxy) is 1. The van der Waals surface area contributed by atoms with E-state index in [0.717, 1.165) is 5.56 Å². The maximum absolute atomic E-state index is 8.65. The van der Waals surface area contributed by atoms with Crippen LogP contribution in [0.5, 0.6) is 0 Å². The normalized spacial score (nSPS) is 11.7. The van der Waals surface area contributed by atoms with Crippen molar-refractivity contribution in [3.05, 3.63) is 34.9 Å². The zero-order chi connectivity index (χ0) is 9.68. The van der Waals surface area contributed by atoms with E-state index in [9.17, 15) is 0 Å². The van der Waals surface area contributed by atoms with Gasteiger partial charge in [0.05, 0.1) is 6.61 Å². The van der Waals surface area contributed by atoms with Crippen molar-refractivity contribution in [3.8, 4) is 0 Å². The number of nitrogens with zero attached hydrogens (tertiary/aromatic N) is 1. The number of hydrogen-bond acceptors (Lipinski definition) is 3. The van der Waals surface area contributed by atoms with Gasteiger partial charge in [0.2, 0.25) is 0 Å². The number of hydrogen-bond donors (Lipinski definition) is 1. The van der Waals surface area contributed by atoms with Crippen LogP contribution in [0.1, 0.15) is 5.56 Å². The Bertz CT molecular complexity index is 295. The second kappa shape index (κ2) is 4.84. The minimum Gasteiger partial charge on any atom is -0.411 e. The Kier molecular flexibility index (Phi) is 3.73. The lowest BCUT2D eigenvalue weighted by Crippen LogP contribution is -2.08. The molecule has 13 heavy (non-hydrogen) atoms. The summed E-state index contributed by atoms with van der Waals surface area (Å²) < 4.78 is 4.86. The highest BCUT2D eigenvalue weighted by Gasteiger charge is 2.02. The molecule has 0 aliphatic carbocycles. The predicted octanol–water partition coefficient (Wildman–Crippen LogP) is 2.16. The summed E-state index contributed by atoms with van der Waals surface area (Å²) in [6.45, 7) is 0.276. The molecule has 1 N–H and O–H groups in total. The van der Waals surface area contributed by atoms with Gasteiger partial charge in [0.15, 0.2) is 0 Å². The molecule has 0 amide bonds. The maximum atomic E-state index is 8.65. The van der Waals surface area contributed by atoms with Crippen molar-refractivity contribution in [1.82, 2.24) is 0 Å². The van der Waals surface area contributed by atoms with Crippen LogP contribution < -0.4 is 0 Å². The second-order valence-electron chi connectivity index (χ2n) is 2.49. The average Bonchev–Trinajstić information content (AvgIpc) is 2.16. The van der Waals surface area contributed by atoms with Crippen LogP contribution in [0, 0.1) is 0 Å². The Labute approximate surface area is 81.6 Å². The van der Waals surface area contributed by atoms with Crippen LogP contribution >= 0.6 is 11.6 Å². The number of oxime groups is 1. The standard InChI is InChI=1S/C9H10ClNO2/c1-13-6-9(11-12)7-2-4-8(10)5-3-7/h2-5,12H,6H2,1H3/b11-9+. The Morgan fingerprint density at radius 2 is 2.08 bits per heavy atom. The fourth-order valence-corrected chi connectivity index (χ4v) is 1.07. The minimum atomic E-state index is 0.276. The quantitative estimate of drug-likeness (QED) is 0.461. The first-order valence-corrected chi connectivity index (χ1v) is 4.11. The average molecular weight is 200 g/mol. The molecule has 0 saturated heterocycles. The molecule has 0 saturated carbocycles. The third-order valence-corrected chi connectivity index (χ3v) is 1.83. The largest absolute Gasteiger partial charge is 0.411 e. The number of halogens is 1. The Balaban J connectivity index is 2.87. The molecule has 0 aliphatic rings. The molecule has 4 heteroatoms. The summed E-state index contributed by atoms with van der Waals surface area (Å²) in [5.41, 5.74) is 1.29. The first kappa shape index (κ1) is 10.0. The molecule has 3 nitrogen and oxygen atoms in total. The summed E-state index contributed by atoms with van der Waals surface area (Å²) in [5, 5.41) is 12.4. The summed E-state index contributed by atoms with van der Waals surface area (Å²) in [4.78, 5) is 0. The summed E-state index contributed by atoms with van der Waals surface area (Å²) in [7, 11) is 1.54. The van der Waals surface area contributed by atoms with Gasteiger partial charge in [0, 0.05) is 17.7 Å². The van der Waals surface area contributed by atoms with Crippen LogP contribution in [0.25, 0.3) is 0 Å². The molecule has 1 aromatic carbocycles. The van der Waals surface area contributed by atoms with E-state index in [-0.39, 0.29) is 6.61 Å². The summed E-state index contributed by atoms with van der Waals surface area (Å²) in [6.07, 6.45) is 0. The topological polar surface area (TPSA) is 41.8 Å². The van der Waals surface area contributed by atoms with Gasteiger partial charge in [0.1, 0.15) is 5.71 Å². The highest BCUT2D eigenvalue weighted by Crippen LogP contribution is 2.10. The monoisotopic (exact) mass is 199 g/mol. The van der Waals surface area contributed by atoms with Gasteiger partial charge in [-0.05, 0) is 12.1 Å². The molecule has 1 aromatic rings. The lowest BCUT2D eigenvalue weighted by molar-refractivity contribution is 0.238. The smallest absolute Gasteiger partial charge is 0.112 e. The van der Waals surface area contributed by atoms with Crippen molar-refractivity contribution in [1.29, 1.82) is 0 Å². The van der Waals surface area contributed by atoms with E-state index in [2.05, 4.69) is 5.16 Å². The van der Waals surface area contributed by atoms with Crippen molar-refractivity contribution in [2.24, 2.45) is 5.16 Å². The van der Waals surface area contributed by atoms with E-state index in [1.807, 2.05) is 0 Å². The number of methoxy groups -OCH3 is 1. The minimum absolute atomic E-state index is 0.276. The van der Waals surface area contributed by atoms with Crippen LogP contribution in [-0.2, 0) is 4.74 Å². The van der Waals surface area contributed by atoms with Gasteiger partial charge < -0.3 is 9.94 Å². The van der Waals surface area contributed by atoms with E-state index in [0.29, 0.717) is 10.7 Å². The SMILES string of the molecule is COC/C(=N\O)c1ccc(Cl)cc1. The molecule has 0 heterocycles. The molecule has 1 rings (SSSR count). The van der Waals surface area contributed by atoms with E-state index >= 15 is 0 Å². The summed E-state index contributed by atoms with van der Waals surface area (Å²) >= 11 is 5.70. The third-order valence-electron chi connectivity index (χ3n) is 1.58. The summed E-state index contributed by atoms with van der Waals surface area (Å²) in [6, 6.07) is 7.02. The predicted molar refractivity (Wildman–Crippen MR) is 51.7 cm³/mol. The number of benzene rings is 1. The van der Waals surface area contributed by atoms with Crippen LogP contribution in [0.15, 0.2) is 29.4 Å². The lowest BCUT2D eigenvalue weighted by atomic mass is 10.1. The first-order valence-electron chi connectivity index (χ1n) is 3.73.